The number of aliphatic hydroxyl groups excluding tert-OH is 1. The van der Waals surface area contributed by atoms with Gasteiger partial charge in [-0.2, -0.15) is 0 Å². The molecule has 4 nitrogen and oxygen atoms in total. The molecule has 0 amide bonds. The molecule has 136 valence electrons. The highest BCUT2D eigenvalue weighted by Gasteiger charge is 2.16. The monoisotopic (exact) mass is 363 g/mol. The van der Waals surface area contributed by atoms with Gasteiger partial charge in [0, 0.05) is 24.2 Å². The molecule has 2 aromatic rings. The summed E-state index contributed by atoms with van der Waals surface area (Å²) in [5.41, 5.74) is 1.15. The van der Waals surface area contributed by atoms with Crippen LogP contribution in [0, 0.1) is 0 Å². The third-order valence-electron chi connectivity index (χ3n) is 3.95. The van der Waals surface area contributed by atoms with Gasteiger partial charge in [-0.25, -0.2) is 0 Å². The fourth-order valence-corrected chi connectivity index (χ4v) is 2.64. The first-order chi connectivity index (χ1) is 12.0. The zero-order valence-corrected chi connectivity index (χ0v) is 15.7. The van der Waals surface area contributed by atoms with E-state index < -0.39 is 6.10 Å². The first kappa shape index (κ1) is 19.6. The number of ether oxygens (including phenoxy) is 2. The molecule has 0 radical (unpaired) electrons. The zero-order chi connectivity index (χ0) is 18.2. The molecular formula is C20H26ClNO3. The van der Waals surface area contributed by atoms with E-state index in [-0.39, 0.29) is 6.61 Å². The van der Waals surface area contributed by atoms with Crippen LogP contribution in [0.1, 0.15) is 19.4 Å². The van der Waals surface area contributed by atoms with Crippen molar-refractivity contribution in [2.45, 2.75) is 32.5 Å². The Labute approximate surface area is 154 Å². The van der Waals surface area contributed by atoms with E-state index >= 15 is 0 Å². The van der Waals surface area contributed by atoms with E-state index in [4.69, 9.17) is 21.1 Å². The number of hydrogen-bond acceptors (Lipinski definition) is 4. The fourth-order valence-electron chi connectivity index (χ4n) is 2.51. The van der Waals surface area contributed by atoms with Crippen LogP contribution in [0.4, 0.5) is 0 Å². The Balaban J connectivity index is 1.89. The minimum Gasteiger partial charge on any atom is -0.497 e. The number of methoxy groups -OCH3 is 1. The van der Waals surface area contributed by atoms with Gasteiger partial charge in [0.05, 0.1) is 7.11 Å². The van der Waals surface area contributed by atoms with Crippen LogP contribution in [0.3, 0.4) is 0 Å². The Kier molecular flexibility index (Phi) is 7.56. The minimum atomic E-state index is -0.580. The summed E-state index contributed by atoms with van der Waals surface area (Å²) in [6.45, 7) is 5.75. The third kappa shape index (κ3) is 6.58. The second kappa shape index (κ2) is 9.66. The van der Waals surface area contributed by atoms with Crippen molar-refractivity contribution in [2.24, 2.45) is 0 Å². The van der Waals surface area contributed by atoms with Crippen LogP contribution in [0.5, 0.6) is 11.5 Å². The van der Waals surface area contributed by atoms with Gasteiger partial charge < -0.3 is 14.6 Å². The van der Waals surface area contributed by atoms with Gasteiger partial charge in [0.1, 0.15) is 24.2 Å². The number of hydrogen-bond donors (Lipinski definition) is 1. The topological polar surface area (TPSA) is 41.9 Å². The number of aliphatic hydroxyl groups is 1. The van der Waals surface area contributed by atoms with Crippen molar-refractivity contribution in [3.8, 4) is 11.5 Å². The Hall–Kier alpha value is -1.75. The minimum absolute atomic E-state index is 0.239. The van der Waals surface area contributed by atoms with Crippen LogP contribution in [-0.4, -0.2) is 42.4 Å². The largest absolute Gasteiger partial charge is 0.497 e. The third-order valence-corrected chi connectivity index (χ3v) is 4.20. The number of nitrogens with zero attached hydrogens (tertiary/aromatic N) is 1. The molecule has 0 saturated carbocycles. The van der Waals surface area contributed by atoms with Crippen LogP contribution >= 0.6 is 11.6 Å². The highest BCUT2D eigenvalue weighted by molar-refractivity contribution is 6.30. The lowest BCUT2D eigenvalue weighted by Crippen LogP contribution is -2.39. The summed E-state index contributed by atoms with van der Waals surface area (Å²) < 4.78 is 10.9. The van der Waals surface area contributed by atoms with E-state index in [0.29, 0.717) is 23.4 Å². The van der Waals surface area contributed by atoms with Crippen molar-refractivity contribution in [3.63, 3.8) is 0 Å². The van der Waals surface area contributed by atoms with Crippen molar-refractivity contribution in [3.05, 3.63) is 59.1 Å². The van der Waals surface area contributed by atoms with Crippen molar-refractivity contribution in [2.75, 3.05) is 20.3 Å². The van der Waals surface area contributed by atoms with Gasteiger partial charge in [-0.15, -0.1) is 0 Å². The van der Waals surface area contributed by atoms with E-state index in [0.717, 1.165) is 17.9 Å². The maximum Gasteiger partial charge on any atom is 0.119 e. The molecule has 0 aliphatic carbocycles. The molecule has 0 aliphatic rings. The molecular weight excluding hydrogens is 338 g/mol. The van der Waals surface area contributed by atoms with Crippen LogP contribution in [0.25, 0.3) is 0 Å². The Bertz CT molecular complexity index is 646. The summed E-state index contributed by atoms with van der Waals surface area (Å²) in [5, 5.41) is 11.0. The second-order valence-corrected chi connectivity index (χ2v) is 6.73. The summed E-state index contributed by atoms with van der Waals surface area (Å²) in [4.78, 5) is 2.21. The van der Waals surface area contributed by atoms with Crippen molar-refractivity contribution < 1.29 is 14.6 Å². The number of rotatable bonds is 9. The van der Waals surface area contributed by atoms with Crippen LogP contribution in [0.2, 0.25) is 5.02 Å². The lowest BCUT2D eigenvalue weighted by Gasteiger charge is -2.29. The maximum atomic E-state index is 10.3. The van der Waals surface area contributed by atoms with E-state index in [9.17, 15) is 5.11 Å². The summed E-state index contributed by atoms with van der Waals surface area (Å²) in [6, 6.07) is 15.4. The van der Waals surface area contributed by atoms with E-state index in [2.05, 4.69) is 24.8 Å². The first-order valence-electron chi connectivity index (χ1n) is 8.41. The number of benzene rings is 2. The molecule has 2 aromatic carbocycles. The molecule has 0 heterocycles. The molecule has 25 heavy (non-hydrogen) atoms. The molecule has 1 N–H and O–H groups in total. The predicted octanol–water partition coefficient (Wildman–Crippen LogP) is 4.00. The van der Waals surface area contributed by atoms with E-state index in [1.54, 1.807) is 31.4 Å². The SMILES string of the molecule is COc1cccc(CN(C[C@@H](O)COc2ccc(Cl)cc2)C(C)C)c1. The standard InChI is InChI=1S/C20H26ClNO3/c1-15(2)22(12-16-5-4-6-20(11-16)24-3)13-18(23)14-25-19-9-7-17(21)8-10-19/h4-11,15,18,23H,12-14H2,1-3H3/t18-/m1/s1. The van der Waals surface area contributed by atoms with Crippen molar-refractivity contribution in [1.29, 1.82) is 0 Å². The lowest BCUT2D eigenvalue weighted by molar-refractivity contribution is 0.0543. The average molecular weight is 364 g/mol. The average Bonchev–Trinajstić information content (AvgIpc) is 2.60. The normalized spacial score (nSPS) is 12.4. The molecule has 2 rings (SSSR count). The van der Waals surface area contributed by atoms with Crippen LogP contribution < -0.4 is 9.47 Å². The summed E-state index contributed by atoms with van der Waals surface area (Å²) in [5.74, 6) is 1.54. The molecule has 0 saturated heterocycles. The summed E-state index contributed by atoms with van der Waals surface area (Å²) >= 11 is 5.86. The molecule has 0 spiro atoms. The number of halogens is 1. The second-order valence-electron chi connectivity index (χ2n) is 6.29. The molecule has 0 unspecified atom stereocenters. The van der Waals surface area contributed by atoms with Gasteiger partial charge in [-0.1, -0.05) is 23.7 Å². The Morgan fingerprint density at radius 2 is 1.80 bits per heavy atom. The van der Waals surface area contributed by atoms with E-state index in [1.165, 1.54) is 0 Å². The van der Waals surface area contributed by atoms with Crippen LogP contribution in [0.15, 0.2) is 48.5 Å². The zero-order valence-electron chi connectivity index (χ0n) is 15.0. The first-order valence-corrected chi connectivity index (χ1v) is 8.79. The highest BCUT2D eigenvalue weighted by Crippen LogP contribution is 2.17. The van der Waals surface area contributed by atoms with E-state index in [1.807, 2.05) is 18.2 Å². The van der Waals surface area contributed by atoms with Crippen LogP contribution in [-0.2, 0) is 6.54 Å². The van der Waals surface area contributed by atoms with Gasteiger partial charge in [-0.05, 0) is 55.8 Å². The summed E-state index contributed by atoms with van der Waals surface area (Å²) in [6.07, 6.45) is -0.580. The Morgan fingerprint density at radius 3 is 2.44 bits per heavy atom. The maximum absolute atomic E-state index is 10.3. The molecule has 0 aliphatic heterocycles. The highest BCUT2D eigenvalue weighted by atomic mass is 35.5. The smallest absolute Gasteiger partial charge is 0.119 e. The predicted molar refractivity (Wildman–Crippen MR) is 101 cm³/mol. The molecule has 0 bridgehead atoms. The molecule has 1 atom stereocenters. The Morgan fingerprint density at radius 1 is 1.08 bits per heavy atom. The van der Waals surface area contributed by atoms with Crippen molar-refractivity contribution >= 4 is 11.6 Å². The fraction of sp³-hybridized carbons (Fsp3) is 0.400. The summed E-state index contributed by atoms with van der Waals surface area (Å²) in [7, 11) is 1.66. The van der Waals surface area contributed by atoms with Crippen molar-refractivity contribution in [1.82, 2.24) is 4.90 Å². The van der Waals surface area contributed by atoms with Gasteiger partial charge in [0.25, 0.3) is 0 Å². The molecule has 0 fully saturated rings. The van der Waals surface area contributed by atoms with Gasteiger partial charge in [-0.3, -0.25) is 4.90 Å². The lowest BCUT2D eigenvalue weighted by atomic mass is 10.1. The quantitative estimate of drug-likeness (QED) is 0.731. The van der Waals surface area contributed by atoms with Gasteiger partial charge >= 0.3 is 0 Å². The van der Waals surface area contributed by atoms with Gasteiger partial charge in [0.2, 0.25) is 0 Å². The van der Waals surface area contributed by atoms with Gasteiger partial charge in [0.15, 0.2) is 0 Å². The molecule has 5 heteroatoms. The molecule has 0 aromatic heterocycles.